The Morgan fingerprint density at radius 1 is 1.40 bits per heavy atom. The maximum absolute atomic E-state index is 12.9. The largest absolute Gasteiger partial charge is 0.478 e. The Bertz CT molecular complexity index is 756. The molecule has 2 aliphatic rings. The number of nitrogens with zero attached hydrogens (tertiary/aromatic N) is 1. The fourth-order valence-corrected chi connectivity index (χ4v) is 3.10. The molecular weight excluding hydrogens is 326 g/mol. The van der Waals surface area contributed by atoms with Crippen molar-refractivity contribution in [2.45, 2.75) is 31.2 Å². The van der Waals surface area contributed by atoms with E-state index in [2.05, 4.69) is 6.58 Å². The Hall–Kier alpha value is -3.09. The Morgan fingerprint density at radius 2 is 2.12 bits per heavy atom. The average molecular weight is 343 g/mol. The van der Waals surface area contributed by atoms with E-state index in [1.165, 1.54) is 11.0 Å². The number of hydrogen-bond donors (Lipinski definition) is 1. The van der Waals surface area contributed by atoms with Gasteiger partial charge in [0.15, 0.2) is 6.23 Å². The first-order valence-corrected chi connectivity index (χ1v) is 7.75. The van der Waals surface area contributed by atoms with Gasteiger partial charge < -0.3 is 14.6 Å². The molecule has 2 saturated heterocycles. The van der Waals surface area contributed by atoms with Crippen molar-refractivity contribution in [3.8, 4) is 0 Å². The predicted octanol–water partition coefficient (Wildman–Crippen LogP) is 1.60. The molecule has 0 bridgehead atoms. The smallest absolute Gasteiger partial charge is 0.340 e. The first-order chi connectivity index (χ1) is 12.0. The summed E-state index contributed by atoms with van der Waals surface area (Å²) >= 11 is 0. The molecule has 2 atom stereocenters. The van der Waals surface area contributed by atoms with E-state index in [4.69, 9.17) is 14.6 Å². The summed E-state index contributed by atoms with van der Waals surface area (Å²) in [5, 5.41) is 9.09. The minimum atomic E-state index is -1.62. The molecule has 1 aromatic rings. The van der Waals surface area contributed by atoms with Gasteiger partial charge in [-0.2, -0.15) is 0 Å². The van der Waals surface area contributed by atoms with Crippen LogP contribution in [-0.4, -0.2) is 39.6 Å². The number of hydrogen-bond acceptors (Lipinski definition) is 5. The summed E-state index contributed by atoms with van der Waals surface area (Å²) in [5.41, 5.74) is -0.840. The molecule has 2 fully saturated rings. The Labute approximate surface area is 144 Å². The maximum Gasteiger partial charge on any atom is 0.340 e. The van der Waals surface area contributed by atoms with Crippen molar-refractivity contribution in [1.82, 2.24) is 4.90 Å². The molecule has 7 heteroatoms. The SMILES string of the molecule is C=CCC1(C(=O)OCc2ccccc2)/C(=C\C(=O)O)O[C@@H]2CC(=O)N21. The normalized spacial score (nSPS) is 25.8. The van der Waals surface area contributed by atoms with Gasteiger partial charge in [0.25, 0.3) is 0 Å². The van der Waals surface area contributed by atoms with Crippen LogP contribution in [0.3, 0.4) is 0 Å². The second-order valence-corrected chi connectivity index (χ2v) is 5.80. The molecule has 1 N–H and O–H groups in total. The topological polar surface area (TPSA) is 93.1 Å². The number of carbonyl (C=O) groups excluding carboxylic acids is 2. The minimum Gasteiger partial charge on any atom is -0.478 e. The number of benzene rings is 1. The lowest BCUT2D eigenvalue weighted by molar-refractivity contribution is -0.174. The van der Waals surface area contributed by atoms with Crippen molar-refractivity contribution in [1.29, 1.82) is 0 Å². The van der Waals surface area contributed by atoms with Crippen LogP contribution in [0.1, 0.15) is 18.4 Å². The highest BCUT2D eigenvalue weighted by atomic mass is 16.6. The summed E-state index contributed by atoms with van der Waals surface area (Å²) in [6.45, 7) is 3.62. The van der Waals surface area contributed by atoms with Crippen molar-refractivity contribution < 1.29 is 29.0 Å². The summed E-state index contributed by atoms with van der Waals surface area (Å²) < 4.78 is 10.9. The van der Waals surface area contributed by atoms with E-state index < -0.39 is 23.7 Å². The second kappa shape index (κ2) is 6.43. The summed E-state index contributed by atoms with van der Waals surface area (Å²) in [6, 6.07) is 9.05. The fraction of sp³-hybridized carbons (Fsp3) is 0.278. The number of carbonyl (C=O) groups is 3. The number of carboxylic acids is 1. The van der Waals surface area contributed by atoms with Crippen LogP contribution < -0.4 is 0 Å². The maximum atomic E-state index is 12.9. The number of fused-ring (bicyclic) bond motifs is 1. The monoisotopic (exact) mass is 343 g/mol. The average Bonchev–Trinajstić information content (AvgIpc) is 2.82. The molecule has 7 nitrogen and oxygen atoms in total. The zero-order chi connectivity index (χ0) is 18.0. The molecular formula is C18H17NO6. The van der Waals surface area contributed by atoms with Crippen LogP contribution in [0.15, 0.2) is 54.8 Å². The highest BCUT2D eigenvalue weighted by Crippen LogP contribution is 2.47. The summed E-state index contributed by atoms with van der Waals surface area (Å²) in [7, 11) is 0. The number of carboxylic acid groups (broad SMARTS) is 1. The van der Waals surface area contributed by atoms with Crippen molar-refractivity contribution in [2.75, 3.05) is 0 Å². The molecule has 3 rings (SSSR count). The molecule has 1 aromatic carbocycles. The van der Waals surface area contributed by atoms with Gasteiger partial charge in [0.05, 0.1) is 12.5 Å². The van der Waals surface area contributed by atoms with Gasteiger partial charge in [0.1, 0.15) is 12.4 Å². The molecule has 25 heavy (non-hydrogen) atoms. The fourth-order valence-electron chi connectivity index (χ4n) is 3.10. The first kappa shape index (κ1) is 16.8. The first-order valence-electron chi connectivity index (χ1n) is 7.75. The van der Waals surface area contributed by atoms with E-state index in [1.54, 1.807) is 12.1 Å². The van der Waals surface area contributed by atoms with Crippen LogP contribution >= 0.6 is 0 Å². The molecule has 1 unspecified atom stereocenters. The van der Waals surface area contributed by atoms with E-state index in [1.807, 2.05) is 18.2 Å². The molecule has 130 valence electrons. The van der Waals surface area contributed by atoms with Crippen LogP contribution in [0.25, 0.3) is 0 Å². The quantitative estimate of drug-likeness (QED) is 0.365. The zero-order valence-corrected chi connectivity index (χ0v) is 13.4. The number of esters is 1. The van der Waals surface area contributed by atoms with Gasteiger partial charge in [-0.15, -0.1) is 6.58 Å². The van der Waals surface area contributed by atoms with Gasteiger partial charge in [-0.3, -0.25) is 9.69 Å². The van der Waals surface area contributed by atoms with Crippen molar-refractivity contribution >= 4 is 17.8 Å². The Morgan fingerprint density at radius 3 is 2.72 bits per heavy atom. The van der Waals surface area contributed by atoms with Crippen molar-refractivity contribution in [3.05, 3.63) is 60.4 Å². The number of amides is 1. The number of ether oxygens (including phenoxy) is 2. The van der Waals surface area contributed by atoms with E-state index >= 15 is 0 Å². The van der Waals surface area contributed by atoms with E-state index in [9.17, 15) is 14.4 Å². The third-order valence-corrected chi connectivity index (χ3v) is 4.23. The van der Waals surface area contributed by atoms with Crippen LogP contribution in [0.5, 0.6) is 0 Å². The lowest BCUT2D eigenvalue weighted by Gasteiger charge is -2.40. The van der Waals surface area contributed by atoms with Gasteiger partial charge in [-0.05, 0) is 5.56 Å². The molecule has 0 saturated carbocycles. The molecule has 0 spiro atoms. The lowest BCUT2D eigenvalue weighted by atomic mass is 9.88. The second-order valence-electron chi connectivity index (χ2n) is 5.80. The molecule has 0 radical (unpaired) electrons. The highest BCUT2D eigenvalue weighted by Gasteiger charge is 2.64. The van der Waals surface area contributed by atoms with Crippen LogP contribution in [0.4, 0.5) is 0 Å². The van der Waals surface area contributed by atoms with E-state index in [0.29, 0.717) is 0 Å². The highest BCUT2D eigenvalue weighted by molar-refractivity contribution is 5.97. The van der Waals surface area contributed by atoms with E-state index in [0.717, 1.165) is 11.6 Å². The predicted molar refractivity (Wildman–Crippen MR) is 85.8 cm³/mol. The van der Waals surface area contributed by atoms with Gasteiger partial charge in [0.2, 0.25) is 11.4 Å². The zero-order valence-electron chi connectivity index (χ0n) is 13.4. The van der Waals surface area contributed by atoms with Gasteiger partial charge in [0, 0.05) is 6.42 Å². The van der Waals surface area contributed by atoms with Crippen molar-refractivity contribution in [2.24, 2.45) is 0 Å². The third-order valence-electron chi connectivity index (χ3n) is 4.23. The number of rotatable bonds is 6. The molecule has 0 aliphatic carbocycles. The van der Waals surface area contributed by atoms with Crippen LogP contribution in [-0.2, 0) is 30.5 Å². The molecule has 2 aliphatic heterocycles. The van der Waals surface area contributed by atoms with Gasteiger partial charge in [-0.1, -0.05) is 36.4 Å². The van der Waals surface area contributed by atoms with Crippen LogP contribution in [0.2, 0.25) is 0 Å². The standard InChI is InChI=1S/C18H17NO6/c1-2-8-18(17(23)24-11-12-6-4-3-5-7-12)13(9-16(21)22)25-15-10-14(20)19(15)18/h2-7,9,15H,1,8,10-11H2,(H,21,22)/b13-9+/t15-,18?/m1/s1. The van der Waals surface area contributed by atoms with Gasteiger partial charge in [-0.25, -0.2) is 9.59 Å². The molecule has 2 heterocycles. The Kier molecular flexibility index (Phi) is 4.31. The molecule has 0 aromatic heterocycles. The number of β-lactam (4-membered cyclic amide) rings is 1. The van der Waals surface area contributed by atoms with Crippen LogP contribution in [0, 0.1) is 0 Å². The number of aliphatic carboxylic acids is 1. The summed E-state index contributed by atoms with van der Waals surface area (Å²) in [5.74, 6) is -2.40. The van der Waals surface area contributed by atoms with E-state index in [-0.39, 0.29) is 31.1 Å². The third kappa shape index (κ3) is 2.77. The van der Waals surface area contributed by atoms with Crippen molar-refractivity contribution in [3.63, 3.8) is 0 Å². The molecule has 1 amide bonds. The van der Waals surface area contributed by atoms with Gasteiger partial charge >= 0.3 is 11.9 Å². The summed E-state index contributed by atoms with van der Waals surface area (Å²) in [4.78, 5) is 37.3. The minimum absolute atomic E-state index is 0.00196. The Balaban J connectivity index is 1.92. The lowest BCUT2D eigenvalue weighted by Crippen LogP contribution is -2.63. The summed E-state index contributed by atoms with van der Waals surface area (Å²) in [6.07, 6.45) is 1.70.